The Morgan fingerprint density at radius 1 is 1.08 bits per heavy atom. The molecule has 2 fully saturated rings. The Kier molecular flexibility index (Phi) is 5.97. The molecule has 1 heterocycles. The van der Waals surface area contributed by atoms with Gasteiger partial charge in [0.15, 0.2) is 11.5 Å². The normalized spacial score (nSPS) is 19.5. The molecule has 0 aromatic heterocycles. The largest absolute Gasteiger partial charge is 0.493 e. The molecule has 1 aromatic rings. The quantitative estimate of drug-likeness (QED) is 0.771. The molecule has 1 aliphatic carbocycles. The zero-order chi connectivity index (χ0) is 17.6. The van der Waals surface area contributed by atoms with Crippen molar-refractivity contribution in [2.75, 3.05) is 40.4 Å². The van der Waals surface area contributed by atoms with Gasteiger partial charge in [0.2, 0.25) is 5.91 Å². The monoisotopic (exact) mass is 344 g/mol. The Balaban J connectivity index is 1.58. The number of carbonyl (C=O) groups excluding carboxylic acids is 1. The number of benzene rings is 1. The molecular weight excluding hydrogens is 316 g/mol. The van der Waals surface area contributed by atoms with Crippen molar-refractivity contribution in [1.82, 2.24) is 9.80 Å². The lowest BCUT2D eigenvalue weighted by Gasteiger charge is -2.37. The van der Waals surface area contributed by atoms with E-state index in [4.69, 9.17) is 9.47 Å². The molecule has 1 aromatic carbocycles. The summed E-state index contributed by atoms with van der Waals surface area (Å²) in [5, 5.41) is 0. The zero-order valence-electron chi connectivity index (χ0n) is 15.2. The maximum atomic E-state index is 12.5. The Labute approximate surface area is 150 Å². The smallest absolute Gasteiger partial charge is 0.246 e. The molecule has 3 rings (SSSR count). The number of methoxy groups -OCH3 is 2. The predicted molar refractivity (Wildman–Crippen MR) is 99.0 cm³/mol. The first-order valence-electron chi connectivity index (χ1n) is 9.15. The number of carbonyl (C=O) groups is 1. The van der Waals surface area contributed by atoms with E-state index in [1.807, 2.05) is 29.2 Å². The van der Waals surface area contributed by atoms with E-state index in [1.165, 1.54) is 25.7 Å². The molecule has 0 bridgehead atoms. The molecule has 5 heteroatoms. The van der Waals surface area contributed by atoms with Crippen LogP contribution in [0.2, 0.25) is 0 Å². The SMILES string of the molecule is COc1cccc(/C=C\C(=O)N2CCN(C3CCCC3)CC2)c1OC. The van der Waals surface area contributed by atoms with Crippen molar-refractivity contribution in [3.8, 4) is 11.5 Å². The van der Waals surface area contributed by atoms with Crippen LogP contribution in [0.5, 0.6) is 11.5 Å². The van der Waals surface area contributed by atoms with Crippen LogP contribution in [0.15, 0.2) is 24.3 Å². The van der Waals surface area contributed by atoms with E-state index in [2.05, 4.69) is 4.90 Å². The average molecular weight is 344 g/mol. The molecule has 0 radical (unpaired) electrons. The number of rotatable bonds is 5. The van der Waals surface area contributed by atoms with Gasteiger partial charge in [-0.2, -0.15) is 0 Å². The van der Waals surface area contributed by atoms with Gasteiger partial charge in [-0.25, -0.2) is 0 Å². The number of nitrogens with zero attached hydrogens (tertiary/aromatic N) is 2. The number of para-hydroxylation sites is 1. The second-order valence-corrected chi connectivity index (χ2v) is 6.72. The van der Waals surface area contributed by atoms with Crippen LogP contribution in [0.25, 0.3) is 6.08 Å². The third-order valence-corrected chi connectivity index (χ3v) is 5.31. The fourth-order valence-electron chi connectivity index (χ4n) is 3.89. The van der Waals surface area contributed by atoms with Crippen LogP contribution < -0.4 is 9.47 Å². The summed E-state index contributed by atoms with van der Waals surface area (Å²) in [6.45, 7) is 3.61. The summed E-state index contributed by atoms with van der Waals surface area (Å²) in [5.74, 6) is 1.39. The molecule has 1 saturated carbocycles. The fourth-order valence-corrected chi connectivity index (χ4v) is 3.89. The number of hydrogen-bond donors (Lipinski definition) is 0. The van der Waals surface area contributed by atoms with Gasteiger partial charge in [0.05, 0.1) is 14.2 Å². The van der Waals surface area contributed by atoms with Crippen LogP contribution in [-0.4, -0.2) is 62.1 Å². The Bertz CT molecular complexity index is 615. The highest BCUT2D eigenvalue weighted by atomic mass is 16.5. The van der Waals surface area contributed by atoms with Gasteiger partial charge in [-0.05, 0) is 25.0 Å². The highest BCUT2D eigenvalue weighted by molar-refractivity contribution is 5.92. The first-order valence-corrected chi connectivity index (χ1v) is 9.15. The zero-order valence-corrected chi connectivity index (χ0v) is 15.2. The standard InChI is InChI=1S/C20H28N2O3/c1-24-18-9-5-6-16(20(18)25-2)10-11-19(23)22-14-12-21(13-15-22)17-7-3-4-8-17/h5-6,9-11,17H,3-4,7-8,12-15H2,1-2H3/b11-10-. The maximum Gasteiger partial charge on any atom is 0.246 e. The molecule has 0 unspecified atom stereocenters. The number of hydrogen-bond acceptors (Lipinski definition) is 4. The predicted octanol–water partition coefficient (Wildman–Crippen LogP) is 2.80. The van der Waals surface area contributed by atoms with Crippen LogP contribution >= 0.6 is 0 Å². The fraction of sp³-hybridized carbons (Fsp3) is 0.550. The van der Waals surface area contributed by atoms with E-state index in [-0.39, 0.29) is 5.91 Å². The van der Waals surface area contributed by atoms with Gasteiger partial charge in [0.25, 0.3) is 0 Å². The van der Waals surface area contributed by atoms with Crippen molar-refractivity contribution in [2.24, 2.45) is 0 Å². The summed E-state index contributed by atoms with van der Waals surface area (Å²) in [6, 6.07) is 6.41. The number of amides is 1. The van der Waals surface area contributed by atoms with E-state index < -0.39 is 0 Å². The van der Waals surface area contributed by atoms with Crippen molar-refractivity contribution >= 4 is 12.0 Å². The van der Waals surface area contributed by atoms with Crippen LogP contribution in [0.1, 0.15) is 31.2 Å². The lowest BCUT2D eigenvalue weighted by Crippen LogP contribution is -2.51. The topological polar surface area (TPSA) is 42.0 Å². The van der Waals surface area contributed by atoms with Crippen LogP contribution in [0, 0.1) is 0 Å². The molecular formula is C20H28N2O3. The van der Waals surface area contributed by atoms with Crippen LogP contribution in [0.4, 0.5) is 0 Å². The molecule has 25 heavy (non-hydrogen) atoms. The number of piperazine rings is 1. The Morgan fingerprint density at radius 3 is 2.44 bits per heavy atom. The summed E-state index contributed by atoms with van der Waals surface area (Å²) >= 11 is 0. The van der Waals surface area contributed by atoms with Gasteiger partial charge in [0.1, 0.15) is 0 Å². The van der Waals surface area contributed by atoms with Gasteiger partial charge in [-0.1, -0.05) is 25.0 Å². The van der Waals surface area contributed by atoms with E-state index >= 15 is 0 Å². The summed E-state index contributed by atoms with van der Waals surface area (Å²) in [7, 11) is 3.22. The summed E-state index contributed by atoms with van der Waals surface area (Å²) in [5.41, 5.74) is 0.847. The molecule has 1 aliphatic heterocycles. The van der Waals surface area contributed by atoms with E-state index in [1.54, 1.807) is 20.3 Å². The van der Waals surface area contributed by atoms with Gasteiger partial charge in [-0.15, -0.1) is 0 Å². The lowest BCUT2D eigenvalue weighted by molar-refractivity contribution is -0.127. The molecule has 2 aliphatic rings. The third-order valence-electron chi connectivity index (χ3n) is 5.31. The van der Waals surface area contributed by atoms with Crippen molar-refractivity contribution in [2.45, 2.75) is 31.7 Å². The van der Waals surface area contributed by atoms with Crippen molar-refractivity contribution < 1.29 is 14.3 Å². The minimum Gasteiger partial charge on any atom is -0.493 e. The molecule has 0 N–H and O–H groups in total. The number of ether oxygens (including phenoxy) is 2. The minimum absolute atomic E-state index is 0.0657. The molecule has 1 amide bonds. The summed E-state index contributed by atoms with van der Waals surface area (Å²) < 4.78 is 10.7. The summed E-state index contributed by atoms with van der Waals surface area (Å²) in [4.78, 5) is 17.0. The first kappa shape index (κ1) is 17.8. The highest BCUT2D eigenvalue weighted by Gasteiger charge is 2.27. The third kappa shape index (κ3) is 4.15. The van der Waals surface area contributed by atoms with E-state index in [0.717, 1.165) is 37.8 Å². The second kappa shape index (κ2) is 8.39. The van der Waals surface area contributed by atoms with E-state index in [9.17, 15) is 4.79 Å². The van der Waals surface area contributed by atoms with Crippen LogP contribution in [-0.2, 0) is 4.79 Å². The van der Waals surface area contributed by atoms with Gasteiger partial charge < -0.3 is 14.4 Å². The van der Waals surface area contributed by atoms with Crippen molar-refractivity contribution in [1.29, 1.82) is 0 Å². The Morgan fingerprint density at radius 2 is 1.80 bits per heavy atom. The lowest BCUT2D eigenvalue weighted by atomic mass is 10.1. The van der Waals surface area contributed by atoms with Crippen LogP contribution in [0.3, 0.4) is 0 Å². The maximum absolute atomic E-state index is 12.5. The van der Waals surface area contributed by atoms with Crippen molar-refractivity contribution in [3.05, 3.63) is 29.8 Å². The van der Waals surface area contributed by atoms with Gasteiger partial charge in [0, 0.05) is 43.9 Å². The van der Waals surface area contributed by atoms with Gasteiger partial charge >= 0.3 is 0 Å². The first-order chi connectivity index (χ1) is 12.2. The highest BCUT2D eigenvalue weighted by Crippen LogP contribution is 2.31. The molecule has 1 saturated heterocycles. The second-order valence-electron chi connectivity index (χ2n) is 6.72. The molecule has 5 nitrogen and oxygen atoms in total. The Hall–Kier alpha value is -2.01. The summed E-state index contributed by atoms with van der Waals surface area (Å²) in [6.07, 6.45) is 8.81. The average Bonchev–Trinajstić information content (AvgIpc) is 3.20. The van der Waals surface area contributed by atoms with E-state index in [0.29, 0.717) is 11.5 Å². The van der Waals surface area contributed by atoms with Crippen molar-refractivity contribution in [3.63, 3.8) is 0 Å². The molecule has 0 spiro atoms. The van der Waals surface area contributed by atoms with Gasteiger partial charge in [-0.3, -0.25) is 9.69 Å². The molecule has 136 valence electrons. The molecule has 0 atom stereocenters. The minimum atomic E-state index is 0.0657.